The molecule has 0 amide bonds. The van der Waals surface area contributed by atoms with E-state index < -0.39 is 0 Å². The van der Waals surface area contributed by atoms with Crippen LogP contribution in [0.1, 0.15) is 0 Å². The van der Waals surface area contributed by atoms with Crippen LogP contribution in [0.4, 0.5) is 0 Å². The summed E-state index contributed by atoms with van der Waals surface area (Å²) in [7, 11) is 3.39. The van der Waals surface area contributed by atoms with Crippen LogP contribution in [0.25, 0.3) is 0 Å². The Hall–Kier alpha value is 1.46. The number of halogens is 1. The first kappa shape index (κ1) is 12.2. The van der Waals surface area contributed by atoms with Gasteiger partial charge < -0.3 is 10.0 Å². The zero-order valence-corrected chi connectivity index (χ0v) is 10.0. The fraction of sp³-hybridized carbons (Fsp3) is 0.500. The van der Waals surface area contributed by atoms with Crippen LogP contribution < -0.4 is 56.5 Å². The summed E-state index contributed by atoms with van der Waals surface area (Å²) < 4.78 is 0. The van der Waals surface area contributed by atoms with Crippen LogP contribution in [0.2, 0.25) is 0 Å². The summed E-state index contributed by atoms with van der Waals surface area (Å²) in [5.74, 6) is -0.0278. The van der Waals surface area contributed by atoms with E-state index in [1.54, 1.807) is 14.1 Å². The largest absolute Gasteiger partial charge is 1.00 e. The molecule has 4 heteroatoms. The molecule has 0 aliphatic heterocycles. The Morgan fingerprint density at radius 1 is 1.62 bits per heavy atom. The molecule has 0 aliphatic carbocycles. The van der Waals surface area contributed by atoms with E-state index in [0.717, 1.165) is 0 Å². The second-order valence-corrected chi connectivity index (χ2v) is 1.80. The van der Waals surface area contributed by atoms with Crippen LogP contribution in [0.15, 0.2) is 10.9 Å². The third kappa shape index (κ3) is 5.59. The second kappa shape index (κ2) is 6.57. The van der Waals surface area contributed by atoms with Crippen molar-refractivity contribution in [1.29, 1.82) is 0 Å². The SMILES string of the molecule is CN(C)/C([O-])=C/Br.[K+]. The van der Waals surface area contributed by atoms with E-state index in [1.807, 2.05) is 0 Å². The molecule has 0 fully saturated rings. The van der Waals surface area contributed by atoms with Gasteiger partial charge in [0.2, 0.25) is 0 Å². The van der Waals surface area contributed by atoms with Crippen LogP contribution in [0.3, 0.4) is 0 Å². The number of hydrogen-bond donors (Lipinski definition) is 0. The van der Waals surface area contributed by atoms with Gasteiger partial charge in [-0.25, -0.2) is 0 Å². The summed E-state index contributed by atoms with van der Waals surface area (Å²) in [6.45, 7) is 0. The van der Waals surface area contributed by atoms with Gasteiger partial charge in [-0.3, -0.25) is 0 Å². The Bertz CT molecular complexity index is 84.1. The molecule has 0 aromatic carbocycles. The van der Waals surface area contributed by atoms with E-state index in [2.05, 4.69) is 15.9 Å². The first-order valence-corrected chi connectivity index (χ1v) is 2.74. The molecule has 0 aliphatic rings. The minimum atomic E-state index is -0.0278. The van der Waals surface area contributed by atoms with Crippen molar-refractivity contribution >= 4 is 15.9 Å². The number of rotatable bonds is 1. The quantitative estimate of drug-likeness (QED) is 0.338. The number of nitrogens with zero attached hydrogens (tertiary/aromatic N) is 1. The van der Waals surface area contributed by atoms with Gasteiger partial charge in [-0.05, 0) is 10.9 Å². The molecule has 8 heavy (non-hydrogen) atoms. The van der Waals surface area contributed by atoms with E-state index >= 15 is 0 Å². The summed E-state index contributed by atoms with van der Waals surface area (Å²) in [6, 6.07) is 0. The molecule has 2 nitrogen and oxygen atoms in total. The molecule has 0 saturated heterocycles. The Kier molecular flexibility index (Phi) is 10.00. The molecule has 0 N–H and O–H groups in total. The number of hydrogen-bond acceptors (Lipinski definition) is 2. The molecule has 0 rings (SSSR count). The first-order valence-electron chi connectivity index (χ1n) is 1.83. The van der Waals surface area contributed by atoms with Gasteiger partial charge in [-0.15, -0.1) is 0 Å². The van der Waals surface area contributed by atoms with Crippen LogP contribution in [0, 0.1) is 0 Å². The van der Waals surface area contributed by atoms with Gasteiger partial charge in [0.25, 0.3) is 0 Å². The normalized spacial score (nSPS) is 10.1. The van der Waals surface area contributed by atoms with Crippen molar-refractivity contribution in [2.45, 2.75) is 0 Å². The van der Waals surface area contributed by atoms with Crippen molar-refractivity contribution < 1.29 is 56.5 Å². The van der Waals surface area contributed by atoms with Crippen LogP contribution in [-0.2, 0) is 0 Å². The average Bonchev–Trinajstić information content (AvgIpc) is 1.65. The van der Waals surface area contributed by atoms with Crippen molar-refractivity contribution in [2.75, 3.05) is 14.1 Å². The Balaban J connectivity index is 0. The van der Waals surface area contributed by atoms with Crippen molar-refractivity contribution in [3.05, 3.63) is 10.9 Å². The molecule has 0 spiro atoms. The monoisotopic (exact) mass is 203 g/mol. The summed E-state index contributed by atoms with van der Waals surface area (Å²) in [5.41, 5.74) is 0. The summed E-state index contributed by atoms with van der Waals surface area (Å²) in [4.78, 5) is 2.82. The van der Waals surface area contributed by atoms with Crippen molar-refractivity contribution in [1.82, 2.24) is 4.90 Å². The average molecular weight is 204 g/mol. The van der Waals surface area contributed by atoms with Gasteiger partial charge >= 0.3 is 51.4 Å². The predicted octanol–water partition coefficient (Wildman–Crippen LogP) is -2.89. The van der Waals surface area contributed by atoms with Gasteiger partial charge in [0, 0.05) is 14.1 Å². The fourth-order valence-corrected chi connectivity index (χ4v) is 0.507. The predicted molar refractivity (Wildman–Crippen MR) is 30.7 cm³/mol. The van der Waals surface area contributed by atoms with E-state index in [1.165, 1.54) is 9.89 Å². The summed E-state index contributed by atoms with van der Waals surface area (Å²) in [6.07, 6.45) is 0. The van der Waals surface area contributed by atoms with Crippen molar-refractivity contribution in [3.8, 4) is 0 Å². The molecule has 0 aromatic heterocycles. The second-order valence-electron chi connectivity index (χ2n) is 1.34. The van der Waals surface area contributed by atoms with E-state index in [-0.39, 0.29) is 57.3 Å². The zero-order chi connectivity index (χ0) is 5.86. The Labute approximate surface area is 100 Å². The molecule has 0 bridgehead atoms. The Morgan fingerprint density at radius 2 is 2.00 bits per heavy atom. The van der Waals surface area contributed by atoms with Gasteiger partial charge in [0.05, 0.1) is 0 Å². The van der Waals surface area contributed by atoms with Gasteiger partial charge in [-0.2, -0.15) is 0 Å². The molecule has 0 atom stereocenters. The smallest absolute Gasteiger partial charge is 0.860 e. The zero-order valence-electron chi connectivity index (χ0n) is 5.31. The first-order chi connectivity index (χ1) is 3.18. The third-order valence-corrected chi connectivity index (χ3v) is 0.926. The summed E-state index contributed by atoms with van der Waals surface area (Å²) >= 11 is 2.90. The molecular formula is C4H7BrKNO. The van der Waals surface area contributed by atoms with Crippen LogP contribution in [-0.4, -0.2) is 19.0 Å². The maximum atomic E-state index is 10.3. The topological polar surface area (TPSA) is 26.3 Å². The van der Waals surface area contributed by atoms with E-state index in [0.29, 0.717) is 0 Å². The molecule has 0 radical (unpaired) electrons. The molecule has 0 saturated carbocycles. The molecule has 0 heterocycles. The van der Waals surface area contributed by atoms with Crippen molar-refractivity contribution in [2.24, 2.45) is 0 Å². The van der Waals surface area contributed by atoms with Crippen LogP contribution in [0.5, 0.6) is 0 Å². The molecule has 0 unspecified atom stereocenters. The van der Waals surface area contributed by atoms with Gasteiger partial charge in [0.15, 0.2) is 0 Å². The molecular weight excluding hydrogens is 197 g/mol. The van der Waals surface area contributed by atoms with Gasteiger partial charge in [-0.1, -0.05) is 15.9 Å². The minimum absolute atomic E-state index is 0. The fourth-order valence-electron chi connectivity index (χ4n) is 0.0976. The standard InChI is InChI=1S/C4H8BrNO.K/c1-6(2)4(7)3-5;/h3,7H,1-2H3;/q;+1/p-1/b4-3-;. The maximum absolute atomic E-state index is 10.3. The van der Waals surface area contributed by atoms with E-state index in [4.69, 9.17) is 0 Å². The Morgan fingerprint density at radius 3 is 2.00 bits per heavy atom. The van der Waals surface area contributed by atoms with Gasteiger partial charge in [0.1, 0.15) is 0 Å². The van der Waals surface area contributed by atoms with Crippen molar-refractivity contribution in [3.63, 3.8) is 0 Å². The van der Waals surface area contributed by atoms with Crippen LogP contribution >= 0.6 is 15.9 Å². The minimum Gasteiger partial charge on any atom is -0.860 e. The summed E-state index contributed by atoms with van der Waals surface area (Å²) in [5, 5.41) is 10.3. The maximum Gasteiger partial charge on any atom is 1.00 e. The third-order valence-electron chi connectivity index (χ3n) is 0.534. The van der Waals surface area contributed by atoms with E-state index in [9.17, 15) is 5.11 Å². The molecule has 0 aromatic rings. The molecule has 42 valence electrons.